The molecule has 0 atom stereocenters. The minimum atomic E-state index is -0.826. The summed E-state index contributed by atoms with van der Waals surface area (Å²) in [7, 11) is 13.2. The van der Waals surface area contributed by atoms with Gasteiger partial charge >= 0.3 is 37.9 Å². The molecule has 0 N–H and O–H groups in total. The van der Waals surface area contributed by atoms with Gasteiger partial charge in [0.15, 0.2) is 0 Å². The molecule has 0 radical (unpaired) electrons. The Hall–Kier alpha value is -0.497. The normalized spacial score (nSPS) is 10.8. The average Bonchev–Trinajstić information content (AvgIpc) is 2.84. The number of methoxy groups -OCH3 is 2. The summed E-state index contributed by atoms with van der Waals surface area (Å²) >= 11 is -0.826. The van der Waals surface area contributed by atoms with Crippen LogP contribution in [0.3, 0.4) is 0 Å². The van der Waals surface area contributed by atoms with Crippen LogP contribution in [0.5, 0.6) is 11.5 Å². The Morgan fingerprint density at radius 1 is 1.05 bits per heavy atom. The monoisotopic (exact) mass is 385 g/mol. The quantitative estimate of drug-likeness (QED) is 0.605. The van der Waals surface area contributed by atoms with Crippen molar-refractivity contribution in [1.82, 2.24) is 0 Å². The number of rotatable bonds is 2. The van der Waals surface area contributed by atoms with Crippen LogP contribution in [0.1, 0.15) is 11.1 Å². The fourth-order valence-electron chi connectivity index (χ4n) is 2.32. The number of hydrogen-bond donors (Lipinski definition) is 0. The summed E-state index contributed by atoms with van der Waals surface area (Å²) in [6.45, 7) is 0. The summed E-state index contributed by atoms with van der Waals surface area (Å²) in [5, 5.41) is 0. The topological polar surface area (TPSA) is 18.5 Å². The molecule has 3 rings (SSSR count). The van der Waals surface area contributed by atoms with E-state index < -0.39 is 20.8 Å². The number of fused-ring (bicyclic) bond motifs is 3. The molecule has 1 aliphatic rings. The Morgan fingerprint density at radius 3 is 2.40 bits per heavy atom. The number of benzene rings is 2. The Morgan fingerprint density at radius 2 is 1.75 bits per heavy atom. The molecule has 0 saturated carbocycles. The molecule has 0 fully saturated rings. The van der Waals surface area contributed by atoms with Crippen molar-refractivity contribution in [2.24, 2.45) is 0 Å². The third-order valence-electron chi connectivity index (χ3n) is 3.19. The number of hydrogen-bond acceptors (Lipinski definition) is 2. The van der Waals surface area contributed by atoms with E-state index in [-0.39, 0.29) is 0 Å². The summed E-state index contributed by atoms with van der Waals surface area (Å²) in [6.07, 6.45) is 0.902. The molecule has 5 heteroatoms. The van der Waals surface area contributed by atoms with E-state index in [0.29, 0.717) is 0 Å². The third kappa shape index (κ3) is 3.39. The number of ether oxygens (including phenoxy) is 2. The predicted molar refractivity (Wildman–Crippen MR) is 78.3 cm³/mol. The summed E-state index contributed by atoms with van der Waals surface area (Å²) in [4.78, 5) is 0. The molecule has 1 aliphatic carbocycles. The summed E-state index contributed by atoms with van der Waals surface area (Å²) in [5.74, 6) is 1.70. The van der Waals surface area contributed by atoms with Crippen LogP contribution < -0.4 is 9.47 Å². The van der Waals surface area contributed by atoms with Crippen LogP contribution in [0, 0.1) is 6.07 Å². The minimum absolute atomic E-state index is 0.795. The molecule has 0 saturated heterocycles. The molecule has 0 spiro atoms. The van der Waals surface area contributed by atoms with E-state index >= 15 is 0 Å². The maximum absolute atomic E-state index is 5.25. The molecule has 0 unspecified atom stereocenters. The van der Waals surface area contributed by atoms with Crippen molar-refractivity contribution in [1.29, 1.82) is 0 Å². The standard InChI is InChI=1S/C15H13O2.2ClH.Zr/c1-16-12-3-5-14-10(8-12)7-11-9-13(17-2)4-6-15(11)14;;;/h3-6,8H,7H2,1-2H3;2*1H;/q-1;;;+2/p-2. The maximum atomic E-state index is 5.25. The van der Waals surface area contributed by atoms with E-state index in [2.05, 4.69) is 24.3 Å². The van der Waals surface area contributed by atoms with Crippen LogP contribution >= 0.6 is 17.0 Å². The Balaban J connectivity index is 0.000000452. The van der Waals surface area contributed by atoms with Crippen molar-refractivity contribution >= 4 is 17.0 Å². The molecule has 0 aromatic heterocycles. The molecular formula is C15H13Cl2O2Zr-. The second kappa shape index (κ2) is 7.49. The molecule has 2 nitrogen and oxygen atoms in total. The predicted octanol–water partition coefficient (Wildman–Crippen LogP) is 4.45. The van der Waals surface area contributed by atoms with Crippen LogP contribution in [0.15, 0.2) is 30.3 Å². The van der Waals surface area contributed by atoms with Gasteiger partial charge in [0.1, 0.15) is 5.75 Å². The molecule has 0 amide bonds. The van der Waals surface area contributed by atoms with Crippen LogP contribution in [0.25, 0.3) is 11.1 Å². The van der Waals surface area contributed by atoms with E-state index in [4.69, 9.17) is 26.5 Å². The van der Waals surface area contributed by atoms with Gasteiger partial charge in [0.25, 0.3) is 0 Å². The van der Waals surface area contributed by atoms with E-state index in [1.165, 1.54) is 22.3 Å². The fourth-order valence-corrected chi connectivity index (χ4v) is 2.32. The molecule has 20 heavy (non-hydrogen) atoms. The van der Waals surface area contributed by atoms with Gasteiger partial charge in [-0.1, -0.05) is 11.6 Å². The Bertz CT molecular complexity index is 551. The molecule has 2 aromatic carbocycles. The fraction of sp³-hybridized carbons (Fsp3) is 0.200. The van der Waals surface area contributed by atoms with Gasteiger partial charge in [0.2, 0.25) is 0 Å². The van der Waals surface area contributed by atoms with Gasteiger partial charge in [-0.2, -0.15) is 6.07 Å². The van der Waals surface area contributed by atoms with E-state index in [0.717, 1.165) is 17.9 Å². The summed E-state index contributed by atoms with van der Waals surface area (Å²) < 4.78 is 10.5. The van der Waals surface area contributed by atoms with E-state index in [9.17, 15) is 0 Å². The van der Waals surface area contributed by atoms with Gasteiger partial charge in [0.05, 0.1) is 14.2 Å². The number of halogens is 2. The Labute approximate surface area is 137 Å². The molecule has 0 aliphatic heterocycles. The zero-order chi connectivity index (χ0) is 14.5. The van der Waals surface area contributed by atoms with Crippen molar-refractivity contribution in [3.05, 3.63) is 47.5 Å². The van der Waals surface area contributed by atoms with Gasteiger partial charge < -0.3 is 9.47 Å². The summed E-state index contributed by atoms with van der Waals surface area (Å²) in [6, 6.07) is 13.6. The van der Waals surface area contributed by atoms with Crippen LogP contribution in [0.4, 0.5) is 0 Å². The first-order valence-corrected chi connectivity index (χ1v) is 12.3. The van der Waals surface area contributed by atoms with E-state index in [1.54, 1.807) is 14.2 Å². The Kier molecular flexibility index (Phi) is 5.95. The van der Waals surface area contributed by atoms with Crippen molar-refractivity contribution in [3.8, 4) is 22.6 Å². The van der Waals surface area contributed by atoms with Crippen molar-refractivity contribution in [2.75, 3.05) is 14.2 Å². The van der Waals surface area contributed by atoms with Crippen molar-refractivity contribution in [2.45, 2.75) is 6.42 Å². The van der Waals surface area contributed by atoms with Crippen molar-refractivity contribution < 1.29 is 30.3 Å². The molecule has 0 bridgehead atoms. The first-order chi connectivity index (χ1) is 9.73. The SMILES string of the molecule is COc1[c-]c2c(cc1)-c1ccc(OC)cc1C2.[Cl][Zr][Cl]. The molecule has 2 aromatic rings. The van der Waals surface area contributed by atoms with Crippen molar-refractivity contribution in [3.63, 3.8) is 0 Å². The summed E-state index contributed by atoms with van der Waals surface area (Å²) in [5.41, 5.74) is 5.03. The van der Waals surface area contributed by atoms with Gasteiger partial charge in [-0.25, -0.2) is 0 Å². The van der Waals surface area contributed by atoms with Gasteiger partial charge in [-0.3, -0.25) is 0 Å². The second-order valence-electron chi connectivity index (χ2n) is 4.19. The molecular weight excluding hydrogens is 374 g/mol. The third-order valence-corrected chi connectivity index (χ3v) is 3.19. The second-order valence-corrected chi connectivity index (χ2v) is 7.92. The molecule has 0 heterocycles. The van der Waals surface area contributed by atoms with Crippen LogP contribution in [-0.4, -0.2) is 14.2 Å². The zero-order valence-corrected chi connectivity index (χ0v) is 15.1. The zero-order valence-electron chi connectivity index (χ0n) is 11.2. The van der Waals surface area contributed by atoms with Gasteiger partial charge in [-0.15, -0.1) is 23.3 Å². The van der Waals surface area contributed by atoms with Gasteiger partial charge in [0, 0.05) is 5.75 Å². The van der Waals surface area contributed by atoms with E-state index in [1.807, 2.05) is 12.1 Å². The average molecular weight is 387 g/mol. The first-order valence-electron chi connectivity index (χ1n) is 5.96. The molecule has 104 valence electrons. The van der Waals surface area contributed by atoms with Crippen LogP contribution in [0.2, 0.25) is 0 Å². The first kappa shape index (κ1) is 15.9. The van der Waals surface area contributed by atoms with Crippen LogP contribution in [-0.2, 0) is 27.3 Å². The van der Waals surface area contributed by atoms with Gasteiger partial charge in [-0.05, 0) is 24.1 Å².